The number of hydrogen-bond acceptors (Lipinski definition) is 2. The van der Waals surface area contributed by atoms with E-state index in [2.05, 4.69) is 0 Å². The zero-order valence-electron chi connectivity index (χ0n) is 10.5. The van der Waals surface area contributed by atoms with Crippen LogP contribution >= 0.6 is 0 Å². The summed E-state index contributed by atoms with van der Waals surface area (Å²) in [5.41, 5.74) is 0.732. The lowest BCUT2D eigenvalue weighted by molar-refractivity contribution is 0.272. The highest BCUT2D eigenvalue weighted by Crippen LogP contribution is 2.23. The van der Waals surface area contributed by atoms with E-state index in [-0.39, 0.29) is 5.82 Å². The molecule has 0 atom stereocenters. The highest BCUT2D eigenvalue weighted by Gasteiger charge is 2.25. The van der Waals surface area contributed by atoms with Crippen LogP contribution < -0.4 is 0 Å². The van der Waals surface area contributed by atoms with Crippen LogP contribution in [0.2, 0.25) is 0 Å². The average molecular weight is 271 g/mol. The summed E-state index contributed by atoms with van der Waals surface area (Å²) in [5.74, 6) is 0.211. The minimum absolute atomic E-state index is 0.164. The summed E-state index contributed by atoms with van der Waals surface area (Å²) in [6.45, 7) is 1.11. The van der Waals surface area contributed by atoms with Gasteiger partial charge in [0.1, 0.15) is 5.82 Å². The molecule has 1 aliphatic rings. The fourth-order valence-electron chi connectivity index (χ4n) is 2.42. The predicted molar refractivity (Wildman–Crippen MR) is 69.2 cm³/mol. The molecule has 1 aromatic carbocycles. The van der Waals surface area contributed by atoms with Crippen molar-refractivity contribution in [3.8, 4) is 0 Å². The van der Waals surface area contributed by atoms with Gasteiger partial charge in [-0.15, -0.1) is 0 Å². The van der Waals surface area contributed by atoms with E-state index in [1.165, 1.54) is 16.6 Å². The fourth-order valence-corrected chi connectivity index (χ4v) is 3.29. The van der Waals surface area contributed by atoms with Gasteiger partial charge in [-0.3, -0.25) is 0 Å². The van der Waals surface area contributed by atoms with E-state index in [0.717, 1.165) is 18.4 Å². The second-order valence-corrected chi connectivity index (χ2v) is 6.88. The average Bonchev–Trinajstić information content (AvgIpc) is 2.32. The minimum Gasteiger partial charge on any atom is -0.213 e. The summed E-state index contributed by atoms with van der Waals surface area (Å²) in [6, 6.07) is 6.80. The first kappa shape index (κ1) is 13.5. The Morgan fingerprint density at radius 2 is 1.89 bits per heavy atom. The quantitative estimate of drug-likeness (QED) is 0.843. The molecule has 0 aliphatic carbocycles. The molecule has 0 radical (unpaired) electrons. The van der Waals surface area contributed by atoms with Crippen molar-refractivity contribution in [2.24, 2.45) is 5.92 Å². The number of hydrogen-bond donors (Lipinski definition) is 0. The van der Waals surface area contributed by atoms with E-state index in [9.17, 15) is 12.8 Å². The van der Waals surface area contributed by atoms with Crippen molar-refractivity contribution in [1.82, 2.24) is 4.31 Å². The maximum absolute atomic E-state index is 13.5. The summed E-state index contributed by atoms with van der Waals surface area (Å²) >= 11 is 0. The summed E-state index contributed by atoms with van der Waals surface area (Å²) in [7, 11) is -3.07. The molecule has 1 aliphatic heterocycles. The van der Waals surface area contributed by atoms with Crippen molar-refractivity contribution < 1.29 is 12.8 Å². The second-order valence-electron chi connectivity index (χ2n) is 4.90. The van der Waals surface area contributed by atoms with Crippen molar-refractivity contribution in [3.05, 3.63) is 35.6 Å². The summed E-state index contributed by atoms with van der Waals surface area (Å²) in [4.78, 5) is 0. The second kappa shape index (κ2) is 5.36. The maximum Gasteiger partial charge on any atom is 0.211 e. The number of piperidine rings is 1. The van der Waals surface area contributed by atoms with Gasteiger partial charge in [0, 0.05) is 13.1 Å². The van der Waals surface area contributed by atoms with E-state index in [0.29, 0.717) is 25.4 Å². The lowest BCUT2D eigenvalue weighted by atomic mass is 9.91. The molecule has 0 spiro atoms. The molecular weight excluding hydrogens is 253 g/mol. The highest BCUT2D eigenvalue weighted by molar-refractivity contribution is 7.88. The van der Waals surface area contributed by atoms with Crippen molar-refractivity contribution in [3.63, 3.8) is 0 Å². The van der Waals surface area contributed by atoms with E-state index in [1.807, 2.05) is 6.07 Å². The Labute approximate surface area is 108 Å². The minimum atomic E-state index is -3.07. The molecule has 0 amide bonds. The Morgan fingerprint density at radius 1 is 1.28 bits per heavy atom. The third-order valence-electron chi connectivity index (χ3n) is 3.51. The van der Waals surface area contributed by atoms with Crippen molar-refractivity contribution in [1.29, 1.82) is 0 Å². The van der Waals surface area contributed by atoms with Crippen LogP contribution in [0.15, 0.2) is 24.3 Å². The van der Waals surface area contributed by atoms with Gasteiger partial charge in [-0.1, -0.05) is 18.2 Å². The van der Waals surface area contributed by atoms with Crippen molar-refractivity contribution in [2.75, 3.05) is 19.3 Å². The molecule has 0 aromatic heterocycles. The van der Waals surface area contributed by atoms with E-state index < -0.39 is 10.0 Å². The molecule has 0 saturated carbocycles. The Hall–Kier alpha value is -0.940. The molecular formula is C13H18FNO2S. The molecule has 1 heterocycles. The largest absolute Gasteiger partial charge is 0.213 e. The Kier molecular flexibility index (Phi) is 4.02. The molecule has 1 aromatic rings. The van der Waals surface area contributed by atoms with Crippen LogP contribution in [0, 0.1) is 11.7 Å². The SMILES string of the molecule is CS(=O)(=O)N1CCC(Cc2ccccc2F)CC1. The lowest BCUT2D eigenvalue weighted by Gasteiger charge is -2.30. The lowest BCUT2D eigenvalue weighted by Crippen LogP contribution is -2.38. The van der Waals surface area contributed by atoms with Gasteiger partial charge < -0.3 is 0 Å². The smallest absolute Gasteiger partial charge is 0.211 e. The monoisotopic (exact) mass is 271 g/mol. The standard InChI is InChI=1S/C13H18FNO2S/c1-18(16,17)15-8-6-11(7-9-15)10-12-4-2-3-5-13(12)14/h2-5,11H,6-10H2,1H3. The number of benzene rings is 1. The molecule has 1 saturated heterocycles. The summed E-state index contributed by atoms with van der Waals surface area (Å²) < 4.78 is 37.8. The van der Waals surface area contributed by atoms with Gasteiger partial charge in [-0.2, -0.15) is 0 Å². The zero-order chi connectivity index (χ0) is 13.2. The van der Waals surface area contributed by atoms with Gasteiger partial charge in [0.25, 0.3) is 0 Å². The Balaban J connectivity index is 1.94. The van der Waals surface area contributed by atoms with E-state index in [1.54, 1.807) is 12.1 Å². The number of sulfonamides is 1. The first-order chi connectivity index (χ1) is 8.47. The number of halogens is 1. The van der Waals surface area contributed by atoms with Crippen molar-refractivity contribution in [2.45, 2.75) is 19.3 Å². The molecule has 0 bridgehead atoms. The fraction of sp³-hybridized carbons (Fsp3) is 0.538. The van der Waals surface area contributed by atoms with Crippen LogP contribution in [0.3, 0.4) is 0 Å². The third-order valence-corrected chi connectivity index (χ3v) is 4.81. The Bertz CT molecular complexity index is 507. The first-order valence-electron chi connectivity index (χ1n) is 6.15. The van der Waals surface area contributed by atoms with Crippen LogP contribution in [-0.2, 0) is 16.4 Å². The molecule has 5 heteroatoms. The molecule has 3 nitrogen and oxygen atoms in total. The van der Waals surface area contributed by atoms with Gasteiger partial charge in [0.15, 0.2) is 0 Å². The first-order valence-corrected chi connectivity index (χ1v) is 8.00. The highest BCUT2D eigenvalue weighted by atomic mass is 32.2. The Morgan fingerprint density at radius 3 is 2.44 bits per heavy atom. The van der Waals surface area contributed by atoms with Crippen LogP contribution in [0.25, 0.3) is 0 Å². The van der Waals surface area contributed by atoms with Gasteiger partial charge in [0.2, 0.25) is 10.0 Å². The summed E-state index contributed by atoms with van der Waals surface area (Å²) in [5, 5.41) is 0. The van der Waals surface area contributed by atoms with Crippen LogP contribution in [0.5, 0.6) is 0 Å². The normalized spacial score (nSPS) is 19.0. The topological polar surface area (TPSA) is 37.4 Å². The molecule has 100 valence electrons. The molecule has 18 heavy (non-hydrogen) atoms. The van der Waals surface area contributed by atoms with Gasteiger partial charge >= 0.3 is 0 Å². The van der Waals surface area contributed by atoms with Crippen LogP contribution in [0.1, 0.15) is 18.4 Å². The zero-order valence-corrected chi connectivity index (χ0v) is 11.3. The van der Waals surface area contributed by atoms with Crippen LogP contribution in [0.4, 0.5) is 4.39 Å². The summed E-state index contributed by atoms with van der Waals surface area (Å²) in [6.07, 6.45) is 3.55. The number of rotatable bonds is 3. The van der Waals surface area contributed by atoms with E-state index >= 15 is 0 Å². The number of nitrogens with zero attached hydrogens (tertiary/aromatic N) is 1. The maximum atomic E-state index is 13.5. The third kappa shape index (κ3) is 3.29. The van der Waals surface area contributed by atoms with Crippen molar-refractivity contribution >= 4 is 10.0 Å². The van der Waals surface area contributed by atoms with Gasteiger partial charge in [0.05, 0.1) is 6.26 Å². The predicted octanol–water partition coefficient (Wildman–Crippen LogP) is 2.04. The van der Waals surface area contributed by atoms with E-state index in [4.69, 9.17) is 0 Å². The molecule has 2 rings (SSSR count). The molecule has 0 unspecified atom stereocenters. The van der Waals surface area contributed by atoms with Gasteiger partial charge in [-0.25, -0.2) is 17.1 Å². The van der Waals surface area contributed by atoms with Gasteiger partial charge in [-0.05, 0) is 36.8 Å². The molecule has 1 fully saturated rings. The van der Waals surface area contributed by atoms with Crippen LogP contribution in [-0.4, -0.2) is 32.1 Å². The molecule has 0 N–H and O–H groups in total.